The standard InChI is InChI=1S/C26H46O10/c27-7-10-29-12-14-31-16-18-33-20-22-35-24-23-34-21-19-32-17-15-30-13-11-28-8-4-9-36-25-26-5-2-1-3-6-26/h1-3,5-6,27H,4,7-25H2. The minimum atomic E-state index is 0.0304. The Kier molecular flexibility index (Phi) is 25.9. The van der Waals surface area contributed by atoms with Crippen LogP contribution in [0.4, 0.5) is 0 Å². The van der Waals surface area contributed by atoms with E-state index in [2.05, 4.69) is 12.1 Å². The monoisotopic (exact) mass is 518 g/mol. The average Bonchev–Trinajstić information content (AvgIpc) is 2.91. The maximum Gasteiger partial charge on any atom is 0.0716 e. The van der Waals surface area contributed by atoms with Crippen LogP contribution in [0.3, 0.4) is 0 Å². The molecule has 0 bridgehead atoms. The normalized spacial score (nSPS) is 11.4. The number of aliphatic hydroxyl groups is 1. The summed E-state index contributed by atoms with van der Waals surface area (Å²) < 4.78 is 48.7. The lowest BCUT2D eigenvalue weighted by Crippen LogP contribution is -2.15. The molecule has 1 aromatic carbocycles. The van der Waals surface area contributed by atoms with E-state index in [9.17, 15) is 0 Å². The van der Waals surface area contributed by atoms with Gasteiger partial charge in [-0.3, -0.25) is 0 Å². The predicted octanol–water partition coefficient (Wildman–Crippen LogP) is 1.72. The van der Waals surface area contributed by atoms with Gasteiger partial charge in [-0.25, -0.2) is 0 Å². The third kappa shape index (κ3) is 24.5. The van der Waals surface area contributed by atoms with E-state index in [1.165, 1.54) is 5.56 Å². The minimum Gasteiger partial charge on any atom is -0.394 e. The van der Waals surface area contributed by atoms with Gasteiger partial charge in [-0.05, 0) is 12.0 Å². The molecule has 0 aliphatic carbocycles. The van der Waals surface area contributed by atoms with Crippen LogP contribution in [0, 0.1) is 0 Å². The summed E-state index contributed by atoms with van der Waals surface area (Å²) in [6, 6.07) is 10.1. The molecule has 0 aromatic heterocycles. The molecule has 0 saturated heterocycles. The highest BCUT2D eigenvalue weighted by Crippen LogP contribution is 2.00. The van der Waals surface area contributed by atoms with E-state index in [0.29, 0.717) is 119 Å². The summed E-state index contributed by atoms with van der Waals surface area (Å²) in [5, 5.41) is 8.56. The van der Waals surface area contributed by atoms with Gasteiger partial charge in [-0.2, -0.15) is 0 Å². The van der Waals surface area contributed by atoms with Gasteiger partial charge >= 0.3 is 0 Å². The summed E-state index contributed by atoms with van der Waals surface area (Å²) in [6.07, 6.45) is 0.870. The Balaban J connectivity index is 1.63. The molecule has 0 atom stereocenters. The highest BCUT2D eigenvalue weighted by atomic mass is 16.6. The van der Waals surface area contributed by atoms with E-state index in [0.717, 1.165) is 6.42 Å². The maximum atomic E-state index is 8.56. The topological polar surface area (TPSA) is 103 Å². The molecule has 0 saturated carbocycles. The molecule has 1 rings (SSSR count). The first-order valence-electron chi connectivity index (χ1n) is 12.8. The van der Waals surface area contributed by atoms with Gasteiger partial charge in [0.05, 0.1) is 112 Å². The minimum absolute atomic E-state index is 0.0304. The van der Waals surface area contributed by atoms with Crippen molar-refractivity contribution in [2.24, 2.45) is 0 Å². The van der Waals surface area contributed by atoms with Crippen LogP contribution in [0.2, 0.25) is 0 Å². The molecular formula is C26H46O10. The lowest BCUT2D eigenvalue weighted by atomic mass is 10.2. The van der Waals surface area contributed by atoms with Crippen LogP contribution in [0.15, 0.2) is 30.3 Å². The molecule has 1 aromatic rings. The molecule has 10 heteroatoms. The predicted molar refractivity (Wildman–Crippen MR) is 134 cm³/mol. The van der Waals surface area contributed by atoms with Crippen molar-refractivity contribution in [3.05, 3.63) is 35.9 Å². The van der Waals surface area contributed by atoms with Crippen LogP contribution in [0.25, 0.3) is 0 Å². The summed E-state index contributed by atoms with van der Waals surface area (Å²) in [6.45, 7) is 9.67. The number of rotatable bonds is 29. The molecule has 0 amide bonds. The van der Waals surface area contributed by atoms with Gasteiger partial charge in [-0.1, -0.05) is 30.3 Å². The largest absolute Gasteiger partial charge is 0.394 e. The molecule has 10 nitrogen and oxygen atoms in total. The first-order valence-corrected chi connectivity index (χ1v) is 12.8. The van der Waals surface area contributed by atoms with Crippen molar-refractivity contribution in [1.82, 2.24) is 0 Å². The fraction of sp³-hybridized carbons (Fsp3) is 0.769. The van der Waals surface area contributed by atoms with Crippen molar-refractivity contribution in [1.29, 1.82) is 0 Å². The van der Waals surface area contributed by atoms with E-state index in [1.54, 1.807) is 0 Å². The van der Waals surface area contributed by atoms with Crippen LogP contribution in [0.5, 0.6) is 0 Å². The number of benzene rings is 1. The number of aliphatic hydroxyl groups excluding tert-OH is 1. The quantitative estimate of drug-likeness (QED) is 0.158. The lowest BCUT2D eigenvalue weighted by molar-refractivity contribution is -0.0242. The molecule has 0 aliphatic heterocycles. The SMILES string of the molecule is OCCOCCOCCOCCOCCOCCOCCOCCOCCCOCc1ccccc1. The second-order valence-corrected chi connectivity index (χ2v) is 7.51. The second kappa shape index (κ2) is 28.4. The third-order valence-electron chi connectivity index (χ3n) is 4.53. The van der Waals surface area contributed by atoms with Crippen molar-refractivity contribution < 1.29 is 47.7 Å². The Bertz CT molecular complexity index is 535. The van der Waals surface area contributed by atoms with Gasteiger partial charge in [0.15, 0.2) is 0 Å². The maximum absolute atomic E-state index is 8.56. The lowest BCUT2D eigenvalue weighted by Gasteiger charge is -2.08. The summed E-state index contributed by atoms with van der Waals surface area (Å²) in [5.74, 6) is 0. The van der Waals surface area contributed by atoms with Gasteiger partial charge in [0.2, 0.25) is 0 Å². The van der Waals surface area contributed by atoms with Gasteiger partial charge in [0.25, 0.3) is 0 Å². The molecule has 0 fully saturated rings. The fourth-order valence-electron chi connectivity index (χ4n) is 2.73. The highest BCUT2D eigenvalue weighted by molar-refractivity contribution is 5.13. The van der Waals surface area contributed by atoms with Crippen molar-refractivity contribution in [2.75, 3.05) is 119 Å². The summed E-state index contributed by atoms with van der Waals surface area (Å²) in [5.41, 5.74) is 1.18. The molecule has 0 radical (unpaired) electrons. The van der Waals surface area contributed by atoms with Gasteiger partial charge in [0, 0.05) is 13.2 Å². The zero-order chi connectivity index (χ0) is 25.6. The summed E-state index contributed by atoms with van der Waals surface area (Å²) in [7, 11) is 0. The summed E-state index contributed by atoms with van der Waals surface area (Å²) in [4.78, 5) is 0. The Labute approximate surface area is 216 Å². The van der Waals surface area contributed by atoms with Crippen molar-refractivity contribution in [3.8, 4) is 0 Å². The van der Waals surface area contributed by atoms with Crippen molar-refractivity contribution in [3.63, 3.8) is 0 Å². The van der Waals surface area contributed by atoms with E-state index < -0.39 is 0 Å². The van der Waals surface area contributed by atoms with Crippen LogP contribution >= 0.6 is 0 Å². The van der Waals surface area contributed by atoms with Gasteiger partial charge in [-0.15, -0.1) is 0 Å². The van der Waals surface area contributed by atoms with Crippen LogP contribution in [0.1, 0.15) is 12.0 Å². The highest BCUT2D eigenvalue weighted by Gasteiger charge is 1.96. The average molecular weight is 519 g/mol. The van der Waals surface area contributed by atoms with E-state index in [4.69, 9.17) is 47.7 Å². The smallest absolute Gasteiger partial charge is 0.0716 e. The van der Waals surface area contributed by atoms with Crippen LogP contribution in [-0.4, -0.2) is 124 Å². The van der Waals surface area contributed by atoms with Gasteiger partial charge < -0.3 is 47.7 Å². The fourth-order valence-corrected chi connectivity index (χ4v) is 2.73. The molecule has 0 spiro atoms. The van der Waals surface area contributed by atoms with Crippen LogP contribution < -0.4 is 0 Å². The first-order chi connectivity index (χ1) is 17.9. The Morgan fingerprint density at radius 2 is 0.722 bits per heavy atom. The second-order valence-electron chi connectivity index (χ2n) is 7.51. The third-order valence-corrected chi connectivity index (χ3v) is 4.53. The molecule has 0 heterocycles. The molecule has 210 valence electrons. The number of hydrogen-bond acceptors (Lipinski definition) is 10. The van der Waals surface area contributed by atoms with E-state index in [-0.39, 0.29) is 6.61 Å². The number of hydrogen-bond donors (Lipinski definition) is 1. The Hall–Kier alpha value is -1.18. The zero-order valence-corrected chi connectivity index (χ0v) is 21.7. The van der Waals surface area contributed by atoms with E-state index >= 15 is 0 Å². The molecule has 0 aliphatic rings. The Morgan fingerprint density at radius 1 is 0.389 bits per heavy atom. The number of ether oxygens (including phenoxy) is 9. The zero-order valence-electron chi connectivity index (χ0n) is 21.7. The molecule has 0 unspecified atom stereocenters. The Morgan fingerprint density at radius 3 is 1.11 bits per heavy atom. The van der Waals surface area contributed by atoms with Crippen molar-refractivity contribution >= 4 is 0 Å². The molecule has 1 N–H and O–H groups in total. The first kappa shape index (κ1) is 32.8. The molecular weight excluding hydrogens is 472 g/mol. The van der Waals surface area contributed by atoms with Gasteiger partial charge in [0.1, 0.15) is 0 Å². The van der Waals surface area contributed by atoms with E-state index in [1.807, 2.05) is 18.2 Å². The summed E-state index contributed by atoms with van der Waals surface area (Å²) >= 11 is 0. The van der Waals surface area contributed by atoms with Crippen LogP contribution in [-0.2, 0) is 49.2 Å². The van der Waals surface area contributed by atoms with Crippen molar-refractivity contribution in [2.45, 2.75) is 13.0 Å². The molecule has 36 heavy (non-hydrogen) atoms.